The monoisotopic (exact) mass is 533 g/mol. The highest BCUT2D eigenvalue weighted by molar-refractivity contribution is 5.93. The normalized spacial score (nSPS) is 14.6. The fourth-order valence-electron chi connectivity index (χ4n) is 4.18. The summed E-state index contributed by atoms with van der Waals surface area (Å²) in [6, 6.07) is 2.79. The number of hydrogen-bond acceptors (Lipinski definition) is 5. The Labute approximate surface area is 229 Å². The zero-order valence-electron chi connectivity index (χ0n) is 25.6. The second kappa shape index (κ2) is 13.3. The highest BCUT2D eigenvalue weighted by Gasteiger charge is 2.41. The van der Waals surface area contributed by atoms with E-state index in [2.05, 4.69) is 24.5 Å². The van der Waals surface area contributed by atoms with Gasteiger partial charge in [-0.3, -0.25) is 9.59 Å². The molecule has 0 aliphatic heterocycles. The van der Waals surface area contributed by atoms with Gasteiger partial charge in [0.1, 0.15) is 23.4 Å². The minimum Gasteiger partial charge on any atom is -0.507 e. The number of carbonyl (C=O) groups excluding carboxylic acids is 3. The molecule has 0 saturated carbocycles. The maximum Gasteiger partial charge on any atom is 0.408 e. The van der Waals surface area contributed by atoms with Crippen LogP contribution in [0.4, 0.5) is 4.79 Å². The zero-order chi connectivity index (χ0) is 29.6. The molecule has 1 aromatic carbocycles. The molecule has 8 nitrogen and oxygen atoms in total. The molecule has 8 heteroatoms. The fourth-order valence-corrected chi connectivity index (χ4v) is 4.18. The summed E-state index contributed by atoms with van der Waals surface area (Å²) in [6.45, 7) is 22.4. The largest absolute Gasteiger partial charge is 0.507 e. The number of alkyl carbamates (subject to hydrolysis) is 1. The van der Waals surface area contributed by atoms with Crippen molar-refractivity contribution in [3.05, 3.63) is 29.3 Å². The first-order valence-corrected chi connectivity index (χ1v) is 13.7. The van der Waals surface area contributed by atoms with E-state index in [0.717, 1.165) is 6.42 Å². The number of phenols is 1. The quantitative estimate of drug-likeness (QED) is 0.349. The minimum atomic E-state index is -1.11. The number of amides is 3. The average Bonchev–Trinajstić information content (AvgIpc) is 2.73. The Morgan fingerprint density at radius 2 is 1.55 bits per heavy atom. The lowest BCUT2D eigenvalue weighted by Gasteiger charge is -2.40. The summed E-state index contributed by atoms with van der Waals surface area (Å²) >= 11 is 0. The molecular weight excluding hydrogens is 482 g/mol. The van der Waals surface area contributed by atoms with Crippen molar-refractivity contribution in [1.82, 2.24) is 15.5 Å². The molecule has 0 aromatic heterocycles. The van der Waals surface area contributed by atoms with E-state index in [4.69, 9.17) is 4.74 Å². The van der Waals surface area contributed by atoms with Gasteiger partial charge < -0.3 is 25.4 Å². The van der Waals surface area contributed by atoms with Crippen LogP contribution in [0.3, 0.4) is 0 Å². The van der Waals surface area contributed by atoms with Gasteiger partial charge in [0.15, 0.2) is 0 Å². The minimum absolute atomic E-state index is 0.0309. The standard InChI is InChI=1S/C30H51N3O5/c1-18(2)16-17-21(6)33(27(36)23(19(3)4)31-28(37)38-30(10,11)12)24(26(35)32-29(7,8)9)22-15-13-14-20(5)25(22)34/h13-15,18-19,21,23-24,34H,16-17H2,1-12H3,(H,31,37)(H,32,35). The van der Waals surface area contributed by atoms with Crippen molar-refractivity contribution >= 4 is 17.9 Å². The Kier molecular flexibility index (Phi) is 11.7. The van der Waals surface area contributed by atoms with E-state index in [0.29, 0.717) is 23.5 Å². The second-order valence-corrected chi connectivity index (χ2v) is 13.1. The van der Waals surface area contributed by atoms with Crippen LogP contribution in [0.25, 0.3) is 0 Å². The molecule has 0 aliphatic carbocycles. The first kappa shape index (κ1) is 33.3. The Bertz CT molecular complexity index is 960. The predicted octanol–water partition coefficient (Wildman–Crippen LogP) is 5.86. The van der Waals surface area contributed by atoms with Crippen LogP contribution in [-0.4, -0.2) is 51.1 Å². The molecule has 3 atom stereocenters. The van der Waals surface area contributed by atoms with Crippen molar-refractivity contribution in [3.63, 3.8) is 0 Å². The van der Waals surface area contributed by atoms with Crippen molar-refractivity contribution in [2.24, 2.45) is 11.8 Å². The molecule has 1 rings (SSSR count). The summed E-state index contributed by atoms with van der Waals surface area (Å²) in [5.41, 5.74) is -0.361. The molecule has 0 aliphatic rings. The Morgan fingerprint density at radius 3 is 2.03 bits per heavy atom. The van der Waals surface area contributed by atoms with Crippen LogP contribution in [0, 0.1) is 18.8 Å². The van der Waals surface area contributed by atoms with E-state index < -0.39 is 41.1 Å². The summed E-state index contributed by atoms with van der Waals surface area (Å²) in [4.78, 5) is 42.5. The number of nitrogens with one attached hydrogen (secondary N) is 2. The second-order valence-electron chi connectivity index (χ2n) is 13.1. The van der Waals surface area contributed by atoms with Gasteiger partial charge in [0.2, 0.25) is 11.8 Å². The third-order valence-corrected chi connectivity index (χ3v) is 6.08. The Morgan fingerprint density at radius 1 is 0.974 bits per heavy atom. The molecule has 1 aromatic rings. The van der Waals surface area contributed by atoms with Crippen LogP contribution in [0.1, 0.15) is 106 Å². The first-order valence-electron chi connectivity index (χ1n) is 13.7. The molecule has 3 amide bonds. The maximum atomic E-state index is 14.3. The number of para-hydroxylation sites is 1. The lowest BCUT2D eigenvalue weighted by Crippen LogP contribution is -2.58. The number of aromatic hydroxyl groups is 1. The number of rotatable bonds is 10. The average molecular weight is 534 g/mol. The van der Waals surface area contributed by atoms with Crippen molar-refractivity contribution < 1.29 is 24.2 Å². The number of ether oxygens (including phenoxy) is 1. The van der Waals surface area contributed by atoms with Crippen LogP contribution in [-0.2, 0) is 14.3 Å². The van der Waals surface area contributed by atoms with Gasteiger partial charge in [-0.1, -0.05) is 45.9 Å². The highest BCUT2D eigenvalue weighted by Crippen LogP contribution is 2.35. The highest BCUT2D eigenvalue weighted by atomic mass is 16.6. The van der Waals surface area contributed by atoms with Crippen LogP contribution >= 0.6 is 0 Å². The van der Waals surface area contributed by atoms with Gasteiger partial charge in [-0.15, -0.1) is 0 Å². The van der Waals surface area contributed by atoms with Gasteiger partial charge in [-0.05, 0) is 85.6 Å². The lowest BCUT2D eigenvalue weighted by atomic mass is 9.93. The molecule has 3 unspecified atom stereocenters. The van der Waals surface area contributed by atoms with Gasteiger partial charge in [-0.2, -0.15) is 0 Å². The summed E-state index contributed by atoms with van der Waals surface area (Å²) in [6.07, 6.45) is 0.782. The number of carbonyl (C=O) groups is 3. The van der Waals surface area contributed by atoms with E-state index in [1.807, 2.05) is 41.5 Å². The Balaban J connectivity index is 3.73. The maximum absolute atomic E-state index is 14.3. The third kappa shape index (κ3) is 10.2. The molecule has 0 heterocycles. The third-order valence-electron chi connectivity index (χ3n) is 6.08. The molecule has 0 spiro atoms. The molecule has 0 radical (unpaired) electrons. The van der Waals surface area contributed by atoms with Crippen molar-refractivity contribution in [2.45, 2.75) is 125 Å². The van der Waals surface area contributed by atoms with E-state index in [9.17, 15) is 19.5 Å². The number of hydrogen-bond donors (Lipinski definition) is 3. The summed E-state index contributed by atoms with van der Waals surface area (Å²) in [5, 5.41) is 16.8. The number of nitrogens with zero attached hydrogens (tertiary/aromatic N) is 1. The smallest absolute Gasteiger partial charge is 0.408 e. The molecule has 38 heavy (non-hydrogen) atoms. The van der Waals surface area contributed by atoms with Crippen LogP contribution in [0.15, 0.2) is 18.2 Å². The lowest BCUT2D eigenvalue weighted by molar-refractivity contribution is -0.146. The van der Waals surface area contributed by atoms with Crippen molar-refractivity contribution in [2.75, 3.05) is 0 Å². The van der Waals surface area contributed by atoms with E-state index in [1.165, 1.54) is 0 Å². The number of aryl methyl sites for hydroxylation is 1. The van der Waals surface area contributed by atoms with Gasteiger partial charge in [0, 0.05) is 17.1 Å². The van der Waals surface area contributed by atoms with E-state index in [-0.39, 0.29) is 17.7 Å². The van der Waals surface area contributed by atoms with Crippen LogP contribution in [0.5, 0.6) is 5.75 Å². The topological polar surface area (TPSA) is 108 Å². The van der Waals surface area contributed by atoms with Crippen molar-refractivity contribution in [1.29, 1.82) is 0 Å². The number of benzene rings is 1. The molecular formula is C30H51N3O5. The summed E-state index contributed by atoms with van der Waals surface area (Å²) < 4.78 is 5.44. The number of phenolic OH excluding ortho intramolecular Hbond substituents is 1. The van der Waals surface area contributed by atoms with Crippen LogP contribution < -0.4 is 10.6 Å². The van der Waals surface area contributed by atoms with Gasteiger partial charge in [0.25, 0.3) is 0 Å². The molecule has 0 bridgehead atoms. The Hall–Kier alpha value is -2.77. The summed E-state index contributed by atoms with van der Waals surface area (Å²) in [7, 11) is 0. The van der Waals surface area contributed by atoms with Gasteiger partial charge >= 0.3 is 6.09 Å². The molecule has 3 N–H and O–H groups in total. The molecule has 0 fully saturated rings. The van der Waals surface area contributed by atoms with Gasteiger partial charge in [0.05, 0.1) is 0 Å². The SMILES string of the molecule is Cc1cccc(C(C(=O)NC(C)(C)C)N(C(=O)C(NC(=O)OC(C)(C)C)C(C)C)C(C)CCC(C)C)c1O. The molecule has 216 valence electrons. The zero-order valence-corrected chi connectivity index (χ0v) is 25.6. The first-order chi connectivity index (χ1) is 17.2. The van der Waals surface area contributed by atoms with Crippen LogP contribution in [0.2, 0.25) is 0 Å². The van der Waals surface area contributed by atoms with Gasteiger partial charge in [-0.25, -0.2) is 4.79 Å². The molecule has 0 saturated heterocycles. The van der Waals surface area contributed by atoms with Crippen molar-refractivity contribution in [3.8, 4) is 5.75 Å². The fraction of sp³-hybridized carbons (Fsp3) is 0.700. The van der Waals surface area contributed by atoms with E-state index >= 15 is 0 Å². The summed E-state index contributed by atoms with van der Waals surface area (Å²) in [5.74, 6) is -0.728. The predicted molar refractivity (Wildman–Crippen MR) is 152 cm³/mol. The van der Waals surface area contributed by atoms with E-state index in [1.54, 1.807) is 50.8 Å².